The van der Waals surface area contributed by atoms with Crippen molar-refractivity contribution < 1.29 is 14.6 Å². The van der Waals surface area contributed by atoms with Gasteiger partial charge < -0.3 is 15.2 Å². The van der Waals surface area contributed by atoms with Crippen LogP contribution in [0.3, 0.4) is 0 Å². The Hall–Kier alpha value is -2.08. The van der Waals surface area contributed by atoms with E-state index in [9.17, 15) is 4.79 Å². The Labute approximate surface area is 118 Å². The fourth-order valence-electron chi connectivity index (χ4n) is 1.56. The normalized spacial score (nSPS) is 10.0. The van der Waals surface area contributed by atoms with Gasteiger partial charge in [-0.1, -0.05) is 15.9 Å². The van der Waals surface area contributed by atoms with Gasteiger partial charge in [0.25, 0.3) is 0 Å². The van der Waals surface area contributed by atoms with E-state index in [-0.39, 0.29) is 5.69 Å². The van der Waals surface area contributed by atoms with E-state index in [0.717, 1.165) is 10.2 Å². The molecule has 2 N–H and O–H groups in total. The van der Waals surface area contributed by atoms with E-state index in [0.29, 0.717) is 11.4 Å². The summed E-state index contributed by atoms with van der Waals surface area (Å²) in [5.74, 6) is -0.401. The molecular formula is C13H11BrN2O3. The zero-order chi connectivity index (χ0) is 13.8. The fraction of sp³-hybridized carbons (Fsp3) is 0.0769. The number of nitrogens with zero attached hydrogens (tertiary/aromatic N) is 1. The molecule has 0 amide bonds. The van der Waals surface area contributed by atoms with Gasteiger partial charge in [0.2, 0.25) is 0 Å². The van der Waals surface area contributed by atoms with Crippen LogP contribution in [0.5, 0.6) is 5.75 Å². The molecule has 1 heterocycles. The quantitative estimate of drug-likeness (QED) is 0.903. The Balaban J connectivity index is 2.33. The van der Waals surface area contributed by atoms with Gasteiger partial charge in [0.15, 0.2) is 0 Å². The average Bonchev–Trinajstić information content (AvgIpc) is 2.39. The lowest BCUT2D eigenvalue weighted by Gasteiger charge is -2.11. The third kappa shape index (κ3) is 3.23. The number of rotatable bonds is 4. The monoisotopic (exact) mass is 322 g/mol. The molecule has 2 aromatic rings. The lowest BCUT2D eigenvalue weighted by atomic mass is 10.2. The van der Waals surface area contributed by atoms with Gasteiger partial charge in [0.1, 0.15) is 11.4 Å². The van der Waals surface area contributed by atoms with Crippen LogP contribution < -0.4 is 10.1 Å². The highest BCUT2D eigenvalue weighted by molar-refractivity contribution is 9.10. The summed E-state index contributed by atoms with van der Waals surface area (Å²) in [7, 11) is 1.57. The summed E-state index contributed by atoms with van der Waals surface area (Å²) >= 11 is 3.37. The number of benzene rings is 1. The van der Waals surface area contributed by atoms with Gasteiger partial charge in [-0.3, -0.25) is 0 Å². The number of anilines is 2. The largest absolute Gasteiger partial charge is 0.495 e. The van der Waals surface area contributed by atoms with E-state index < -0.39 is 5.97 Å². The Bertz CT molecular complexity index is 617. The van der Waals surface area contributed by atoms with Crippen molar-refractivity contribution >= 4 is 33.3 Å². The van der Waals surface area contributed by atoms with Gasteiger partial charge in [0, 0.05) is 16.4 Å². The van der Waals surface area contributed by atoms with Crippen molar-refractivity contribution in [2.45, 2.75) is 0 Å². The van der Waals surface area contributed by atoms with Crippen molar-refractivity contribution in [3.63, 3.8) is 0 Å². The van der Waals surface area contributed by atoms with Crippen molar-refractivity contribution in [2.24, 2.45) is 0 Å². The van der Waals surface area contributed by atoms with Crippen LogP contribution in [0.15, 0.2) is 41.0 Å². The molecule has 0 saturated heterocycles. The van der Waals surface area contributed by atoms with Crippen molar-refractivity contribution in [3.05, 3.63) is 46.7 Å². The molecule has 0 bridgehead atoms. The highest BCUT2D eigenvalue weighted by Gasteiger charge is 2.07. The second kappa shape index (κ2) is 5.71. The Morgan fingerprint density at radius 2 is 2.16 bits per heavy atom. The predicted molar refractivity (Wildman–Crippen MR) is 75.2 cm³/mol. The number of carboxylic acid groups (broad SMARTS) is 1. The summed E-state index contributed by atoms with van der Waals surface area (Å²) < 4.78 is 6.13. The second-order valence-corrected chi connectivity index (χ2v) is 4.62. The SMILES string of the molecule is COc1ccc(Br)cc1Nc1ccnc(C(=O)O)c1. The van der Waals surface area contributed by atoms with Gasteiger partial charge in [0.05, 0.1) is 12.8 Å². The number of halogens is 1. The first-order chi connectivity index (χ1) is 9.10. The van der Waals surface area contributed by atoms with Crippen molar-refractivity contribution in [1.29, 1.82) is 0 Å². The van der Waals surface area contributed by atoms with Crippen LogP contribution in [0, 0.1) is 0 Å². The van der Waals surface area contributed by atoms with Crippen molar-refractivity contribution in [1.82, 2.24) is 4.98 Å². The molecule has 2 rings (SSSR count). The van der Waals surface area contributed by atoms with Crippen LogP contribution in [-0.4, -0.2) is 23.2 Å². The van der Waals surface area contributed by atoms with Gasteiger partial charge >= 0.3 is 5.97 Å². The summed E-state index contributed by atoms with van der Waals surface area (Å²) in [6.07, 6.45) is 1.44. The van der Waals surface area contributed by atoms with E-state index in [1.807, 2.05) is 18.2 Å². The molecule has 0 aliphatic rings. The minimum atomic E-state index is -1.06. The number of ether oxygens (including phenoxy) is 1. The summed E-state index contributed by atoms with van der Waals surface area (Å²) in [6, 6.07) is 8.67. The number of methoxy groups -OCH3 is 1. The standard InChI is InChI=1S/C13H11BrN2O3/c1-19-12-3-2-8(14)6-10(12)16-9-4-5-15-11(7-9)13(17)18/h2-7H,1H3,(H,15,16)(H,17,18). The number of aromatic nitrogens is 1. The Morgan fingerprint density at radius 3 is 2.84 bits per heavy atom. The molecule has 98 valence electrons. The first-order valence-electron chi connectivity index (χ1n) is 5.40. The molecule has 0 aliphatic heterocycles. The maximum absolute atomic E-state index is 10.9. The first kappa shape index (κ1) is 13.4. The lowest BCUT2D eigenvalue weighted by molar-refractivity contribution is 0.0690. The van der Waals surface area contributed by atoms with Crippen LogP contribution in [0.25, 0.3) is 0 Å². The molecule has 0 spiro atoms. The molecule has 0 saturated carbocycles. The summed E-state index contributed by atoms with van der Waals surface area (Å²) in [5, 5.41) is 12.0. The summed E-state index contributed by atoms with van der Waals surface area (Å²) in [5.41, 5.74) is 1.35. The number of pyridine rings is 1. The fourth-order valence-corrected chi connectivity index (χ4v) is 1.92. The second-order valence-electron chi connectivity index (χ2n) is 3.70. The maximum atomic E-state index is 10.9. The number of aromatic carboxylic acids is 1. The number of carbonyl (C=O) groups is 1. The van der Waals surface area contributed by atoms with Crippen LogP contribution in [-0.2, 0) is 0 Å². The molecule has 0 atom stereocenters. The third-order valence-electron chi connectivity index (χ3n) is 2.42. The minimum absolute atomic E-state index is 0.0148. The maximum Gasteiger partial charge on any atom is 0.354 e. The zero-order valence-electron chi connectivity index (χ0n) is 10.1. The third-order valence-corrected chi connectivity index (χ3v) is 2.91. The first-order valence-corrected chi connectivity index (χ1v) is 6.19. The topological polar surface area (TPSA) is 71.5 Å². The summed E-state index contributed by atoms with van der Waals surface area (Å²) in [6.45, 7) is 0. The van der Waals surface area contributed by atoms with Crippen LogP contribution >= 0.6 is 15.9 Å². The predicted octanol–water partition coefficient (Wildman–Crippen LogP) is 3.29. The Kier molecular flexibility index (Phi) is 4.01. The van der Waals surface area contributed by atoms with Crippen molar-refractivity contribution in [3.8, 4) is 5.75 Å². The van der Waals surface area contributed by atoms with E-state index in [4.69, 9.17) is 9.84 Å². The highest BCUT2D eigenvalue weighted by atomic mass is 79.9. The average molecular weight is 323 g/mol. The number of hydrogen-bond donors (Lipinski definition) is 2. The van der Waals surface area contributed by atoms with Crippen LogP contribution in [0.1, 0.15) is 10.5 Å². The molecule has 0 fully saturated rings. The lowest BCUT2D eigenvalue weighted by Crippen LogP contribution is -2.01. The van der Waals surface area contributed by atoms with Gasteiger partial charge in [-0.25, -0.2) is 9.78 Å². The molecule has 5 nitrogen and oxygen atoms in total. The number of carboxylic acids is 1. The van der Waals surface area contributed by atoms with Gasteiger partial charge in [-0.2, -0.15) is 0 Å². The van der Waals surface area contributed by atoms with E-state index >= 15 is 0 Å². The molecule has 1 aromatic heterocycles. The zero-order valence-corrected chi connectivity index (χ0v) is 11.6. The van der Waals surface area contributed by atoms with Crippen molar-refractivity contribution in [2.75, 3.05) is 12.4 Å². The van der Waals surface area contributed by atoms with E-state index in [2.05, 4.69) is 26.2 Å². The van der Waals surface area contributed by atoms with E-state index in [1.54, 1.807) is 13.2 Å². The molecule has 19 heavy (non-hydrogen) atoms. The Morgan fingerprint density at radius 1 is 1.37 bits per heavy atom. The molecule has 0 radical (unpaired) electrons. The molecule has 0 aliphatic carbocycles. The molecule has 1 aromatic carbocycles. The summed E-state index contributed by atoms with van der Waals surface area (Å²) in [4.78, 5) is 14.6. The van der Waals surface area contributed by atoms with E-state index in [1.165, 1.54) is 12.3 Å². The highest BCUT2D eigenvalue weighted by Crippen LogP contribution is 2.30. The molecular weight excluding hydrogens is 312 g/mol. The number of nitrogens with one attached hydrogen (secondary N) is 1. The number of hydrogen-bond acceptors (Lipinski definition) is 4. The van der Waals surface area contributed by atoms with Gasteiger partial charge in [-0.15, -0.1) is 0 Å². The van der Waals surface area contributed by atoms with Gasteiger partial charge in [-0.05, 0) is 30.3 Å². The van der Waals surface area contributed by atoms with Crippen LogP contribution in [0.4, 0.5) is 11.4 Å². The molecule has 6 heteroatoms. The smallest absolute Gasteiger partial charge is 0.354 e. The minimum Gasteiger partial charge on any atom is -0.495 e. The van der Waals surface area contributed by atoms with Crippen LogP contribution in [0.2, 0.25) is 0 Å². The molecule has 0 unspecified atom stereocenters.